The normalized spacial score (nSPS) is 11.0. The van der Waals surface area contributed by atoms with Crippen LogP contribution in [0.3, 0.4) is 0 Å². The van der Waals surface area contributed by atoms with E-state index in [0.717, 1.165) is 16.3 Å². The van der Waals surface area contributed by atoms with Gasteiger partial charge in [0, 0.05) is 6.20 Å². The molecule has 4 rings (SSSR count). The fourth-order valence-electron chi connectivity index (χ4n) is 2.76. The Balaban J connectivity index is 1.79. The third kappa shape index (κ3) is 3.69. The van der Waals surface area contributed by atoms with Crippen molar-refractivity contribution in [3.63, 3.8) is 0 Å². The van der Waals surface area contributed by atoms with Crippen LogP contribution in [0.15, 0.2) is 53.1 Å². The van der Waals surface area contributed by atoms with Gasteiger partial charge in [-0.3, -0.25) is 24.8 Å². The molecule has 0 atom stereocenters. The first-order valence-electron chi connectivity index (χ1n) is 8.45. The van der Waals surface area contributed by atoms with Gasteiger partial charge in [-0.25, -0.2) is 4.98 Å². The molecule has 1 aromatic carbocycles. The second-order valence-corrected chi connectivity index (χ2v) is 7.53. The highest BCUT2D eigenvalue weighted by Gasteiger charge is 2.27. The van der Waals surface area contributed by atoms with Crippen LogP contribution in [0.2, 0.25) is 5.02 Å². The molecular weight excluding hydrogens is 416 g/mol. The van der Waals surface area contributed by atoms with E-state index in [1.54, 1.807) is 24.4 Å². The number of aromatic nitrogens is 2. The first-order valence-corrected chi connectivity index (χ1v) is 9.65. The molecule has 0 radical (unpaired) electrons. The van der Waals surface area contributed by atoms with Crippen molar-refractivity contribution in [3.05, 3.63) is 80.8 Å². The van der Waals surface area contributed by atoms with Crippen LogP contribution in [0.1, 0.15) is 21.8 Å². The van der Waals surface area contributed by atoms with Crippen molar-refractivity contribution in [1.29, 1.82) is 0 Å². The Morgan fingerprint density at radius 3 is 2.76 bits per heavy atom. The van der Waals surface area contributed by atoms with Crippen LogP contribution in [-0.2, 0) is 6.54 Å². The Morgan fingerprint density at radius 1 is 1.28 bits per heavy atom. The van der Waals surface area contributed by atoms with Crippen LogP contribution in [0.4, 0.5) is 11.0 Å². The standard InChI is InChI=1S/C19H13ClN4O4S/c1-11-5-6-13(20)17-16(11)22-19(29-17)23(10-12-4-2-3-9-21-12)18(25)14-7-8-15(28-14)24(26)27/h2-9H,10H2,1H3. The van der Waals surface area contributed by atoms with Gasteiger partial charge in [0.25, 0.3) is 5.91 Å². The summed E-state index contributed by atoms with van der Waals surface area (Å²) in [5.74, 6) is -1.22. The quantitative estimate of drug-likeness (QED) is 0.327. The predicted molar refractivity (Wildman–Crippen MR) is 109 cm³/mol. The van der Waals surface area contributed by atoms with Crippen LogP contribution in [0.25, 0.3) is 10.2 Å². The largest absolute Gasteiger partial charge is 0.433 e. The lowest BCUT2D eigenvalue weighted by Gasteiger charge is -2.18. The van der Waals surface area contributed by atoms with E-state index < -0.39 is 16.7 Å². The monoisotopic (exact) mass is 428 g/mol. The number of aryl methyl sites for hydroxylation is 1. The predicted octanol–water partition coefficient (Wildman–Crippen LogP) is 5.00. The summed E-state index contributed by atoms with van der Waals surface area (Å²) in [4.78, 5) is 33.6. The Bertz CT molecular complexity index is 1180. The average molecular weight is 429 g/mol. The van der Waals surface area contributed by atoms with Gasteiger partial charge in [-0.15, -0.1) is 0 Å². The number of hydrogen-bond acceptors (Lipinski definition) is 7. The number of halogens is 1. The van der Waals surface area contributed by atoms with E-state index in [1.807, 2.05) is 19.1 Å². The zero-order chi connectivity index (χ0) is 20.5. The van der Waals surface area contributed by atoms with Crippen molar-refractivity contribution in [1.82, 2.24) is 9.97 Å². The van der Waals surface area contributed by atoms with Crippen molar-refractivity contribution in [2.75, 3.05) is 4.90 Å². The fraction of sp³-hybridized carbons (Fsp3) is 0.105. The lowest BCUT2D eigenvalue weighted by atomic mass is 10.2. The van der Waals surface area contributed by atoms with Gasteiger partial charge in [0.2, 0.25) is 0 Å². The molecule has 0 N–H and O–H groups in total. The maximum absolute atomic E-state index is 13.1. The first kappa shape index (κ1) is 19.0. The van der Waals surface area contributed by atoms with Gasteiger partial charge >= 0.3 is 5.88 Å². The average Bonchev–Trinajstić information content (AvgIpc) is 3.37. The van der Waals surface area contributed by atoms with Gasteiger partial charge in [0.15, 0.2) is 10.9 Å². The highest BCUT2D eigenvalue weighted by atomic mass is 35.5. The summed E-state index contributed by atoms with van der Waals surface area (Å²) in [5, 5.41) is 11.8. The van der Waals surface area contributed by atoms with Crippen molar-refractivity contribution in [3.8, 4) is 0 Å². The molecule has 0 spiro atoms. The summed E-state index contributed by atoms with van der Waals surface area (Å²) in [7, 11) is 0. The number of anilines is 1. The molecule has 0 aliphatic carbocycles. The smallest absolute Gasteiger partial charge is 0.395 e. The molecule has 0 aliphatic heterocycles. The highest BCUT2D eigenvalue weighted by Crippen LogP contribution is 2.36. The summed E-state index contributed by atoms with van der Waals surface area (Å²) >= 11 is 7.56. The number of nitro groups is 1. The number of pyridine rings is 1. The van der Waals surface area contributed by atoms with E-state index >= 15 is 0 Å². The highest BCUT2D eigenvalue weighted by molar-refractivity contribution is 7.23. The molecule has 10 heteroatoms. The Hall–Kier alpha value is -3.30. The van der Waals surface area contributed by atoms with Gasteiger partial charge in [-0.05, 0) is 36.8 Å². The zero-order valence-electron chi connectivity index (χ0n) is 15.0. The van der Waals surface area contributed by atoms with Crippen molar-refractivity contribution in [2.24, 2.45) is 0 Å². The van der Waals surface area contributed by atoms with Gasteiger partial charge in [-0.1, -0.05) is 35.1 Å². The second-order valence-electron chi connectivity index (χ2n) is 6.15. The molecule has 0 unspecified atom stereocenters. The zero-order valence-corrected chi connectivity index (χ0v) is 16.6. The number of rotatable bonds is 5. The van der Waals surface area contributed by atoms with E-state index in [-0.39, 0.29) is 12.3 Å². The number of carbonyl (C=O) groups is 1. The van der Waals surface area contributed by atoms with E-state index in [1.165, 1.54) is 22.3 Å². The maximum Gasteiger partial charge on any atom is 0.433 e. The summed E-state index contributed by atoms with van der Waals surface area (Å²) in [5.41, 5.74) is 2.25. The van der Waals surface area contributed by atoms with Gasteiger partial charge < -0.3 is 4.42 Å². The lowest BCUT2D eigenvalue weighted by molar-refractivity contribution is -0.402. The minimum Gasteiger partial charge on any atom is -0.395 e. The first-order chi connectivity index (χ1) is 13.9. The number of nitrogens with zero attached hydrogens (tertiary/aromatic N) is 4. The molecule has 0 aliphatic rings. The van der Waals surface area contributed by atoms with E-state index in [2.05, 4.69) is 9.97 Å². The van der Waals surface area contributed by atoms with Crippen LogP contribution in [0.5, 0.6) is 0 Å². The maximum atomic E-state index is 13.1. The second kappa shape index (κ2) is 7.61. The summed E-state index contributed by atoms with van der Waals surface area (Å²) in [6.07, 6.45) is 1.62. The molecule has 8 nitrogen and oxygen atoms in total. The van der Waals surface area contributed by atoms with Crippen LogP contribution < -0.4 is 4.90 Å². The topological polar surface area (TPSA) is 102 Å². The van der Waals surface area contributed by atoms with E-state index in [0.29, 0.717) is 21.4 Å². The fourth-order valence-corrected chi connectivity index (χ4v) is 4.07. The molecular formula is C19H13ClN4O4S. The van der Waals surface area contributed by atoms with Crippen LogP contribution >= 0.6 is 22.9 Å². The molecule has 0 fully saturated rings. The van der Waals surface area contributed by atoms with Crippen LogP contribution in [0, 0.1) is 17.0 Å². The molecule has 29 heavy (non-hydrogen) atoms. The number of benzene rings is 1. The molecule has 3 heterocycles. The molecule has 4 aromatic rings. The van der Waals surface area contributed by atoms with Crippen molar-refractivity contribution >= 4 is 50.1 Å². The molecule has 3 aromatic heterocycles. The Kier molecular flexibility index (Phi) is 4.99. The number of amides is 1. The number of hydrogen-bond donors (Lipinski definition) is 0. The third-order valence-corrected chi connectivity index (χ3v) is 5.73. The van der Waals surface area contributed by atoms with Crippen molar-refractivity contribution in [2.45, 2.75) is 13.5 Å². The number of furan rings is 1. The molecule has 0 saturated heterocycles. The number of fused-ring (bicyclic) bond motifs is 1. The Morgan fingerprint density at radius 2 is 2.10 bits per heavy atom. The number of carbonyl (C=O) groups excluding carboxylic acids is 1. The van der Waals surface area contributed by atoms with Crippen LogP contribution in [-0.4, -0.2) is 20.8 Å². The molecule has 0 bridgehead atoms. The van der Waals surface area contributed by atoms with E-state index in [4.69, 9.17) is 16.0 Å². The third-order valence-electron chi connectivity index (χ3n) is 4.19. The molecule has 146 valence electrons. The summed E-state index contributed by atoms with van der Waals surface area (Å²) in [6.45, 7) is 2.02. The minimum atomic E-state index is -0.694. The summed E-state index contributed by atoms with van der Waals surface area (Å²) in [6, 6.07) is 11.4. The van der Waals surface area contributed by atoms with Crippen molar-refractivity contribution < 1.29 is 14.1 Å². The van der Waals surface area contributed by atoms with Gasteiger partial charge in [0.05, 0.1) is 33.5 Å². The minimum absolute atomic E-state index is 0.116. The van der Waals surface area contributed by atoms with Gasteiger partial charge in [-0.2, -0.15) is 0 Å². The lowest BCUT2D eigenvalue weighted by Crippen LogP contribution is -2.30. The molecule has 0 saturated carbocycles. The summed E-state index contributed by atoms with van der Waals surface area (Å²) < 4.78 is 5.86. The van der Waals surface area contributed by atoms with E-state index in [9.17, 15) is 14.9 Å². The SMILES string of the molecule is Cc1ccc(Cl)c2sc(N(Cc3ccccn3)C(=O)c3ccc([N+](=O)[O-])o3)nc12. The molecule has 1 amide bonds. The van der Waals surface area contributed by atoms with Gasteiger partial charge in [0.1, 0.15) is 4.92 Å². The number of thiazole rings is 1. The Labute approximate surface area is 173 Å².